The number of amides is 1. The normalized spacial score (nSPS) is 11.0. The Morgan fingerprint density at radius 2 is 2.00 bits per heavy atom. The highest BCUT2D eigenvalue weighted by Crippen LogP contribution is 2.17. The van der Waals surface area contributed by atoms with Crippen molar-refractivity contribution in [2.24, 2.45) is 0 Å². The molecule has 1 aromatic heterocycles. The molecule has 0 atom stereocenters. The number of fused-ring (bicyclic) bond motifs is 1. The predicted octanol–water partition coefficient (Wildman–Crippen LogP) is 3.27. The quantitative estimate of drug-likeness (QED) is 0.684. The second-order valence-electron chi connectivity index (χ2n) is 5.79. The van der Waals surface area contributed by atoms with Gasteiger partial charge in [-0.15, -0.1) is 0 Å². The number of nitrogens with one attached hydrogen (secondary N) is 1. The molecule has 5 heteroatoms. The number of imidazole rings is 1. The molecule has 2 rings (SSSR count). The summed E-state index contributed by atoms with van der Waals surface area (Å²) in [6.45, 7) is 3.69. The number of ether oxygens (including phenoxy) is 1. The van der Waals surface area contributed by atoms with E-state index in [1.807, 2.05) is 18.2 Å². The van der Waals surface area contributed by atoms with Crippen molar-refractivity contribution in [2.75, 3.05) is 13.7 Å². The number of unbranched alkanes of at least 4 members (excludes halogenated alkanes) is 4. The molecule has 23 heavy (non-hydrogen) atoms. The Hall–Kier alpha value is -1.88. The van der Waals surface area contributed by atoms with Crippen molar-refractivity contribution in [3.63, 3.8) is 0 Å². The molecule has 0 aliphatic rings. The summed E-state index contributed by atoms with van der Waals surface area (Å²) >= 11 is 0. The lowest BCUT2D eigenvalue weighted by atomic mass is 10.1. The smallest absolute Gasteiger partial charge is 0.246 e. The zero-order chi connectivity index (χ0) is 16.5. The third-order valence-electron chi connectivity index (χ3n) is 3.94. The van der Waals surface area contributed by atoms with E-state index in [0.29, 0.717) is 6.54 Å². The molecule has 5 nitrogen and oxygen atoms in total. The van der Waals surface area contributed by atoms with Gasteiger partial charge in [0.15, 0.2) is 0 Å². The predicted molar refractivity (Wildman–Crippen MR) is 92.2 cm³/mol. The lowest BCUT2D eigenvalue weighted by Gasteiger charge is -2.10. The van der Waals surface area contributed by atoms with Crippen LogP contribution in [0, 0.1) is 0 Å². The van der Waals surface area contributed by atoms with Crippen LogP contribution in [0.25, 0.3) is 11.0 Å². The SMILES string of the molecule is CCCCCCCn1c(CNC(=O)COC)nc2ccccc21. The summed E-state index contributed by atoms with van der Waals surface area (Å²) in [7, 11) is 1.52. The second kappa shape index (κ2) is 9.30. The molecule has 1 aromatic carbocycles. The van der Waals surface area contributed by atoms with E-state index >= 15 is 0 Å². The second-order valence-corrected chi connectivity index (χ2v) is 5.79. The first-order valence-corrected chi connectivity index (χ1v) is 8.46. The van der Waals surface area contributed by atoms with Crippen LogP contribution in [0.15, 0.2) is 24.3 Å². The summed E-state index contributed by atoms with van der Waals surface area (Å²) in [4.78, 5) is 16.3. The minimum atomic E-state index is -0.117. The summed E-state index contributed by atoms with van der Waals surface area (Å²) in [6.07, 6.45) is 6.20. The molecule has 1 heterocycles. The van der Waals surface area contributed by atoms with Gasteiger partial charge in [0.2, 0.25) is 5.91 Å². The molecule has 0 radical (unpaired) electrons. The van der Waals surface area contributed by atoms with Crippen LogP contribution in [0.3, 0.4) is 0 Å². The first-order chi connectivity index (χ1) is 11.3. The Labute approximate surface area is 138 Å². The van der Waals surface area contributed by atoms with Gasteiger partial charge in [0.05, 0.1) is 17.6 Å². The van der Waals surface area contributed by atoms with E-state index in [1.165, 1.54) is 32.8 Å². The van der Waals surface area contributed by atoms with E-state index in [4.69, 9.17) is 4.74 Å². The lowest BCUT2D eigenvalue weighted by Crippen LogP contribution is -2.28. The summed E-state index contributed by atoms with van der Waals surface area (Å²) in [5.41, 5.74) is 2.12. The molecule has 0 spiro atoms. The maximum Gasteiger partial charge on any atom is 0.246 e. The molecule has 1 amide bonds. The topological polar surface area (TPSA) is 56.2 Å². The third-order valence-corrected chi connectivity index (χ3v) is 3.94. The molecule has 0 saturated heterocycles. The van der Waals surface area contributed by atoms with Crippen LogP contribution in [-0.4, -0.2) is 29.2 Å². The molecule has 0 unspecified atom stereocenters. The number of para-hydroxylation sites is 2. The highest BCUT2D eigenvalue weighted by molar-refractivity contribution is 5.78. The largest absolute Gasteiger partial charge is 0.375 e. The number of carbonyl (C=O) groups is 1. The summed E-state index contributed by atoms with van der Waals surface area (Å²) in [5, 5.41) is 2.86. The van der Waals surface area contributed by atoms with Gasteiger partial charge in [-0.25, -0.2) is 4.98 Å². The minimum absolute atomic E-state index is 0.0806. The van der Waals surface area contributed by atoms with Crippen molar-refractivity contribution in [3.05, 3.63) is 30.1 Å². The fourth-order valence-electron chi connectivity index (χ4n) is 2.74. The Morgan fingerprint density at radius 3 is 2.78 bits per heavy atom. The van der Waals surface area contributed by atoms with Crippen LogP contribution in [0.5, 0.6) is 0 Å². The van der Waals surface area contributed by atoms with Crippen molar-refractivity contribution in [2.45, 2.75) is 52.1 Å². The number of rotatable bonds is 10. The van der Waals surface area contributed by atoms with Gasteiger partial charge in [-0.1, -0.05) is 44.7 Å². The Balaban J connectivity index is 2.05. The molecule has 2 aromatic rings. The van der Waals surface area contributed by atoms with Crippen molar-refractivity contribution in [1.29, 1.82) is 0 Å². The number of methoxy groups -OCH3 is 1. The fraction of sp³-hybridized carbons (Fsp3) is 0.556. The number of aryl methyl sites for hydroxylation is 1. The van der Waals surface area contributed by atoms with Gasteiger partial charge in [-0.2, -0.15) is 0 Å². The van der Waals surface area contributed by atoms with Gasteiger partial charge in [0, 0.05) is 13.7 Å². The van der Waals surface area contributed by atoms with Gasteiger partial charge in [-0.3, -0.25) is 4.79 Å². The number of nitrogens with zero attached hydrogens (tertiary/aromatic N) is 2. The van der Waals surface area contributed by atoms with Crippen LogP contribution < -0.4 is 5.32 Å². The number of carbonyl (C=O) groups excluding carboxylic acids is 1. The van der Waals surface area contributed by atoms with Gasteiger partial charge in [-0.05, 0) is 18.6 Å². The molecular formula is C18H27N3O2. The average molecular weight is 317 g/mol. The van der Waals surface area contributed by atoms with E-state index in [0.717, 1.165) is 29.8 Å². The van der Waals surface area contributed by atoms with Gasteiger partial charge in [0.1, 0.15) is 12.4 Å². The Kier molecular flexibility index (Phi) is 7.07. The molecule has 126 valence electrons. The number of hydrogen-bond donors (Lipinski definition) is 1. The average Bonchev–Trinajstić information content (AvgIpc) is 2.91. The monoisotopic (exact) mass is 317 g/mol. The maximum atomic E-state index is 11.6. The summed E-state index contributed by atoms with van der Waals surface area (Å²) in [5.74, 6) is 0.792. The molecule has 0 aliphatic heterocycles. The summed E-state index contributed by atoms with van der Waals surface area (Å²) < 4.78 is 7.07. The van der Waals surface area contributed by atoms with E-state index in [9.17, 15) is 4.79 Å². The van der Waals surface area contributed by atoms with Crippen LogP contribution in [0.4, 0.5) is 0 Å². The Morgan fingerprint density at radius 1 is 1.22 bits per heavy atom. The van der Waals surface area contributed by atoms with Crippen LogP contribution in [-0.2, 0) is 22.6 Å². The maximum absolute atomic E-state index is 11.6. The van der Waals surface area contributed by atoms with Crippen LogP contribution >= 0.6 is 0 Å². The van der Waals surface area contributed by atoms with Crippen molar-refractivity contribution < 1.29 is 9.53 Å². The fourth-order valence-corrected chi connectivity index (χ4v) is 2.74. The van der Waals surface area contributed by atoms with Gasteiger partial charge in [0.25, 0.3) is 0 Å². The number of aromatic nitrogens is 2. The van der Waals surface area contributed by atoms with E-state index in [2.05, 4.69) is 27.9 Å². The van der Waals surface area contributed by atoms with Gasteiger partial charge >= 0.3 is 0 Å². The molecule has 0 bridgehead atoms. The Bertz CT molecular complexity index is 622. The third kappa shape index (κ3) is 5.06. The highest BCUT2D eigenvalue weighted by Gasteiger charge is 2.11. The number of benzene rings is 1. The van der Waals surface area contributed by atoms with Crippen LogP contribution in [0.2, 0.25) is 0 Å². The minimum Gasteiger partial charge on any atom is -0.375 e. The zero-order valence-electron chi connectivity index (χ0n) is 14.2. The standard InChI is InChI=1S/C18H27N3O2/c1-3-4-5-6-9-12-21-16-11-8-7-10-15(16)20-17(21)13-19-18(22)14-23-2/h7-8,10-11H,3-6,9,12-14H2,1-2H3,(H,19,22). The summed E-state index contributed by atoms with van der Waals surface area (Å²) in [6, 6.07) is 8.14. The highest BCUT2D eigenvalue weighted by atomic mass is 16.5. The number of hydrogen-bond acceptors (Lipinski definition) is 3. The molecule has 0 fully saturated rings. The van der Waals surface area contributed by atoms with E-state index in [-0.39, 0.29) is 12.5 Å². The van der Waals surface area contributed by atoms with Crippen molar-refractivity contribution in [1.82, 2.24) is 14.9 Å². The van der Waals surface area contributed by atoms with E-state index < -0.39 is 0 Å². The molecule has 0 aliphatic carbocycles. The molecular weight excluding hydrogens is 290 g/mol. The van der Waals surface area contributed by atoms with Crippen LogP contribution in [0.1, 0.15) is 44.9 Å². The van der Waals surface area contributed by atoms with Crippen molar-refractivity contribution in [3.8, 4) is 0 Å². The zero-order valence-corrected chi connectivity index (χ0v) is 14.2. The lowest BCUT2D eigenvalue weighted by molar-refractivity contribution is -0.124. The van der Waals surface area contributed by atoms with Gasteiger partial charge < -0.3 is 14.6 Å². The van der Waals surface area contributed by atoms with E-state index in [1.54, 1.807) is 0 Å². The first-order valence-electron chi connectivity index (χ1n) is 8.46. The first kappa shape index (κ1) is 17.5. The molecule has 0 saturated carbocycles. The van der Waals surface area contributed by atoms with Crippen molar-refractivity contribution >= 4 is 16.9 Å². The molecule has 1 N–H and O–H groups in total.